The molecule has 0 saturated carbocycles. The van der Waals surface area contributed by atoms with Crippen LogP contribution in [0.4, 0.5) is 0 Å². The lowest BCUT2D eigenvalue weighted by Crippen LogP contribution is -2.25. The fraction of sp³-hybridized carbons (Fsp3) is 0.176. The van der Waals surface area contributed by atoms with E-state index >= 15 is 0 Å². The average Bonchev–Trinajstić information content (AvgIpc) is 2.86. The third-order valence-corrected chi connectivity index (χ3v) is 6.52. The molecule has 3 rings (SSSR count). The monoisotopic (exact) mass is 438 g/mol. The number of fused-ring (bicyclic) bond motifs is 1. The zero-order valence-electron chi connectivity index (χ0n) is 12.1. The van der Waals surface area contributed by atoms with Crippen molar-refractivity contribution in [2.24, 2.45) is 0 Å². The zero-order valence-corrected chi connectivity index (χ0v) is 15.3. The minimum Gasteiger partial charge on any atom is -0.465 e. The Labute approximate surface area is 150 Å². The van der Waals surface area contributed by atoms with E-state index in [1.54, 1.807) is 30.3 Å². The summed E-state index contributed by atoms with van der Waals surface area (Å²) in [6.07, 6.45) is 0. The number of rotatable bonds is 3. The number of benzene rings is 2. The molecule has 0 fully saturated rings. The van der Waals surface area contributed by atoms with Gasteiger partial charge in [-0.15, -0.1) is 0 Å². The summed E-state index contributed by atoms with van der Waals surface area (Å²) in [5.74, 6) is -0.851. The Morgan fingerprint density at radius 1 is 1.17 bits per heavy atom. The lowest BCUT2D eigenvalue weighted by molar-refractivity contribution is 0.0307. The van der Waals surface area contributed by atoms with Crippen LogP contribution in [0.15, 0.2) is 48.5 Å². The standard InChI is InChI=1S/C17H12Br2O4/c1-22-15(20)11-7-3-2-6-10(11)14(18)17(19)13-9-5-4-8-12(13)16(21)23-17/h2-9,14H,1H3/t14-,17-/m0/s1. The van der Waals surface area contributed by atoms with E-state index in [9.17, 15) is 9.59 Å². The molecule has 2 atom stereocenters. The maximum atomic E-state index is 12.1. The van der Waals surface area contributed by atoms with Crippen molar-refractivity contribution in [2.75, 3.05) is 7.11 Å². The molecular weight excluding hydrogens is 428 g/mol. The molecular formula is C17H12Br2O4. The number of alkyl halides is 2. The first kappa shape index (κ1) is 16.2. The number of ether oxygens (including phenoxy) is 2. The molecule has 0 amide bonds. The zero-order chi connectivity index (χ0) is 16.6. The molecule has 0 spiro atoms. The van der Waals surface area contributed by atoms with E-state index in [2.05, 4.69) is 31.9 Å². The van der Waals surface area contributed by atoms with Crippen molar-refractivity contribution in [3.05, 3.63) is 70.8 Å². The van der Waals surface area contributed by atoms with Gasteiger partial charge in [-0.25, -0.2) is 9.59 Å². The number of hydrogen-bond donors (Lipinski definition) is 0. The van der Waals surface area contributed by atoms with Crippen molar-refractivity contribution in [3.63, 3.8) is 0 Å². The first-order chi connectivity index (χ1) is 11.0. The highest BCUT2D eigenvalue weighted by Crippen LogP contribution is 2.54. The van der Waals surface area contributed by atoms with Gasteiger partial charge < -0.3 is 9.47 Å². The SMILES string of the molecule is COC(=O)c1ccccc1[C@H](Br)[C@@]1(Br)OC(=O)c2ccccc21. The largest absolute Gasteiger partial charge is 0.465 e. The second-order valence-electron chi connectivity index (χ2n) is 5.02. The first-order valence-electron chi connectivity index (χ1n) is 6.82. The van der Waals surface area contributed by atoms with Crippen LogP contribution in [0.3, 0.4) is 0 Å². The molecule has 2 aromatic rings. The molecule has 0 N–H and O–H groups in total. The second kappa shape index (κ2) is 6.09. The lowest BCUT2D eigenvalue weighted by atomic mass is 9.96. The van der Waals surface area contributed by atoms with Gasteiger partial charge >= 0.3 is 11.9 Å². The van der Waals surface area contributed by atoms with Gasteiger partial charge in [-0.2, -0.15) is 0 Å². The molecule has 23 heavy (non-hydrogen) atoms. The molecule has 1 heterocycles. The number of carbonyl (C=O) groups excluding carboxylic acids is 2. The summed E-state index contributed by atoms with van der Waals surface area (Å²) in [4.78, 5) is 23.7. The van der Waals surface area contributed by atoms with Gasteiger partial charge in [0.2, 0.25) is 4.51 Å². The van der Waals surface area contributed by atoms with E-state index in [-0.39, 0.29) is 0 Å². The molecule has 0 saturated heterocycles. The molecule has 4 nitrogen and oxygen atoms in total. The van der Waals surface area contributed by atoms with E-state index in [1.165, 1.54) is 7.11 Å². The van der Waals surface area contributed by atoms with Gasteiger partial charge in [0.1, 0.15) is 0 Å². The minimum atomic E-state index is -1.09. The average molecular weight is 440 g/mol. The van der Waals surface area contributed by atoms with Crippen molar-refractivity contribution in [1.82, 2.24) is 0 Å². The summed E-state index contributed by atoms with van der Waals surface area (Å²) >= 11 is 7.13. The van der Waals surface area contributed by atoms with Crippen LogP contribution in [-0.2, 0) is 14.0 Å². The van der Waals surface area contributed by atoms with E-state index in [0.717, 1.165) is 0 Å². The highest BCUT2D eigenvalue weighted by Gasteiger charge is 2.49. The van der Waals surface area contributed by atoms with Crippen molar-refractivity contribution in [2.45, 2.75) is 9.34 Å². The molecule has 118 valence electrons. The molecule has 0 aromatic heterocycles. The fourth-order valence-electron chi connectivity index (χ4n) is 2.61. The van der Waals surface area contributed by atoms with Gasteiger partial charge in [0.15, 0.2) is 0 Å². The summed E-state index contributed by atoms with van der Waals surface area (Å²) in [6, 6.07) is 14.2. The van der Waals surface area contributed by atoms with Gasteiger partial charge in [0, 0.05) is 5.56 Å². The Bertz CT molecular complexity index is 790. The van der Waals surface area contributed by atoms with Crippen LogP contribution in [0.1, 0.15) is 36.7 Å². The number of cyclic esters (lactones) is 1. The van der Waals surface area contributed by atoms with Crippen LogP contribution in [-0.4, -0.2) is 19.0 Å². The Balaban J connectivity index is 2.10. The molecule has 1 aliphatic rings. The molecule has 0 aliphatic carbocycles. The van der Waals surface area contributed by atoms with Gasteiger partial charge in [-0.1, -0.05) is 52.3 Å². The fourth-order valence-corrected chi connectivity index (χ4v) is 4.08. The van der Waals surface area contributed by atoms with Crippen LogP contribution in [0.2, 0.25) is 0 Å². The Morgan fingerprint density at radius 3 is 2.57 bits per heavy atom. The highest BCUT2D eigenvalue weighted by molar-refractivity contribution is 9.12. The van der Waals surface area contributed by atoms with Crippen LogP contribution >= 0.6 is 31.9 Å². The highest BCUT2D eigenvalue weighted by atomic mass is 79.9. The van der Waals surface area contributed by atoms with Crippen LogP contribution < -0.4 is 0 Å². The second-order valence-corrected chi connectivity index (χ2v) is 7.12. The van der Waals surface area contributed by atoms with E-state index in [0.29, 0.717) is 22.3 Å². The van der Waals surface area contributed by atoms with Crippen LogP contribution in [0.25, 0.3) is 0 Å². The van der Waals surface area contributed by atoms with E-state index in [1.807, 2.05) is 18.2 Å². The van der Waals surface area contributed by atoms with Gasteiger partial charge in [-0.3, -0.25) is 0 Å². The van der Waals surface area contributed by atoms with Crippen molar-refractivity contribution in [3.8, 4) is 0 Å². The summed E-state index contributed by atoms with van der Waals surface area (Å²) in [5.41, 5.74) is 2.30. The van der Waals surface area contributed by atoms with Crippen molar-refractivity contribution < 1.29 is 19.1 Å². The maximum Gasteiger partial charge on any atom is 0.340 e. The molecule has 1 aliphatic heterocycles. The predicted molar refractivity (Wildman–Crippen MR) is 91.9 cm³/mol. The van der Waals surface area contributed by atoms with Crippen molar-refractivity contribution >= 4 is 43.8 Å². The summed E-state index contributed by atoms with van der Waals surface area (Å²) < 4.78 is 9.32. The third-order valence-electron chi connectivity index (χ3n) is 3.72. The van der Waals surface area contributed by atoms with Gasteiger partial charge in [0.25, 0.3) is 0 Å². The van der Waals surface area contributed by atoms with Gasteiger partial charge in [-0.05, 0) is 33.6 Å². The Morgan fingerprint density at radius 2 is 1.83 bits per heavy atom. The van der Waals surface area contributed by atoms with Crippen molar-refractivity contribution in [1.29, 1.82) is 0 Å². The smallest absolute Gasteiger partial charge is 0.340 e. The lowest BCUT2D eigenvalue weighted by Gasteiger charge is -2.28. The van der Waals surface area contributed by atoms with Gasteiger partial charge in [0.05, 0.1) is 23.1 Å². The number of methoxy groups -OCH3 is 1. The van der Waals surface area contributed by atoms with Crippen LogP contribution in [0, 0.1) is 0 Å². The quantitative estimate of drug-likeness (QED) is 0.527. The number of carbonyl (C=O) groups is 2. The van der Waals surface area contributed by atoms with E-state index in [4.69, 9.17) is 9.47 Å². The predicted octanol–water partition coefficient (Wildman–Crippen LogP) is 4.33. The number of halogens is 2. The number of esters is 2. The molecule has 6 heteroatoms. The maximum absolute atomic E-state index is 12.1. The summed E-state index contributed by atoms with van der Waals surface area (Å²) in [6.45, 7) is 0. The third kappa shape index (κ3) is 2.60. The first-order valence-corrected chi connectivity index (χ1v) is 8.53. The molecule has 0 unspecified atom stereocenters. The molecule has 0 bridgehead atoms. The topological polar surface area (TPSA) is 52.6 Å². The Kier molecular flexibility index (Phi) is 4.29. The normalized spacial score (nSPS) is 20.6. The Hall–Kier alpha value is -1.66. The van der Waals surface area contributed by atoms with Crippen LogP contribution in [0.5, 0.6) is 0 Å². The minimum absolute atomic E-state index is 0.405. The summed E-state index contributed by atoms with van der Waals surface area (Å²) in [5, 5.41) is 0. The summed E-state index contributed by atoms with van der Waals surface area (Å²) in [7, 11) is 1.33. The van der Waals surface area contributed by atoms with E-state index < -0.39 is 21.3 Å². The molecule has 0 radical (unpaired) electrons. The molecule has 2 aromatic carbocycles. The number of hydrogen-bond acceptors (Lipinski definition) is 4.